The van der Waals surface area contributed by atoms with Crippen LogP contribution in [0.25, 0.3) is 11.3 Å². The largest absolute Gasteiger partial charge is 0.312 e. The van der Waals surface area contributed by atoms with Crippen LogP contribution in [-0.2, 0) is 13.0 Å². The van der Waals surface area contributed by atoms with Crippen LogP contribution in [0, 0.1) is 5.82 Å². The first-order chi connectivity index (χ1) is 15.2. The highest BCUT2D eigenvalue weighted by Crippen LogP contribution is 2.33. The maximum absolute atomic E-state index is 14.1. The van der Waals surface area contributed by atoms with Crippen molar-refractivity contribution in [3.05, 3.63) is 106 Å². The normalized spacial score (nSPS) is 12.4. The summed E-state index contributed by atoms with van der Waals surface area (Å²) in [5.74, 6) is 0.433. The average Bonchev–Trinajstić information content (AvgIpc) is 2.81. The first kappa shape index (κ1) is 19.2. The van der Waals surface area contributed by atoms with Crippen LogP contribution in [0.1, 0.15) is 17.5 Å². The predicted molar refractivity (Wildman–Crippen MR) is 119 cm³/mol. The molecule has 4 aromatic rings. The van der Waals surface area contributed by atoms with Gasteiger partial charge in [0.2, 0.25) is 5.95 Å². The molecule has 0 fully saturated rings. The minimum Gasteiger partial charge on any atom is -0.312 e. The summed E-state index contributed by atoms with van der Waals surface area (Å²) in [6.45, 7) is 1.11. The van der Waals surface area contributed by atoms with Crippen molar-refractivity contribution in [2.75, 3.05) is 11.4 Å². The van der Waals surface area contributed by atoms with Crippen LogP contribution >= 0.6 is 0 Å². The Labute approximate surface area is 179 Å². The maximum Gasteiger partial charge on any atom is 0.255 e. The number of rotatable bonds is 5. The van der Waals surface area contributed by atoms with Crippen molar-refractivity contribution in [2.24, 2.45) is 0 Å². The van der Waals surface area contributed by atoms with Gasteiger partial charge in [-0.15, -0.1) is 0 Å². The topological polar surface area (TPSA) is 51.0 Å². The van der Waals surface area contributed by atoms with E-state index in [1.165, 1.54) is 6.07 Å². The molecule has 2 aromatic heterocycles. The smallest absolute Gasteiger partial charge is 0.255 e. The van der Waals surface area contributed by atoms with Gasteiger partial charge in [0, 0.05) is 36.3 Å². The Morgan fingerprint density at radius 2 is 1.74 bits per heavy atom. The van der Waals surface area contributed by atoms with Gasteiger partial charge in [0.25, 0.3) is 5.56 Å². The molecule has 31 heavy (non-hydrogen) atoms. The summed E-state index contributed by atoms with van der Waals surface area (Å²) in [4.78, 5) is 24.0. The van der Waals surface area contributed by atoms with E-state index < -0.39 is 0 Å². The van der Waals surface area contributed by atoms with Crippen molar-refractivity contribution in [3.63, 3.8) is 0 Å². The van der Waals surface area contributed by atoms with Crippen molar-refractivity contribution < 1.29 is 4.39 Å². The number of para-hydroxylation sites is 1. The fourth-order valence-electron chi connectivity index (χ4n) is 4.05. The quantitative estimate of drug-likeness (QED) is 0.482. The summed E-state index contributed by atoms with van der Waals surface area (Å²) in [6.07, 6.45) is 4.72. The van der Waals surface area contributed by atoms with Crippen LogP contribution in [0.15, 0.2) is 83.9 Å². The van der Waals surface area contributed by atoms with Gasteiger partial charge in [-0.25, -0.2) is 9.37 Å². The Balaban J connectivity index is 1.52. The van der Waals surface area contributed by atoms with Gasteiger partial charge < -0.3 is 4.90 Å². The Hall–Kier alpha value is -3.80. The first-order valence-electron chi connectivity index (χ1n) is 10.3. The van der Waals surface area contributed by atoms with Crippen molar-refractivity contribution >= 4 is 11.6 Å². The molecule has 1 aliphatic heterocycles. The van der Waals surface area contributed by atoms with Gasteiger partial charge in [0.15, 0.2) is 0 Å². The molecule has 5 nitrogen and oxygen atoms in total. The number of benzene rings is 2. The van der Waals surface area contributed by atoms with Crippen molar-refractivity contribution in [1.29, 1.82) is 0 Å². The molecule has 0 N–H and O–H groups in total. The molecule has 0 amide bonds. The van der Waals surface area contributed by atoms with Gasteiger partial charge in [-0.05, 0) is 48.2 Å². The summed E-state index contributed by atoms with van der Waals surface area (Å²) in [6, 6.07) is 20.2. The van der Waals surface area contributed by atoms with Crippen LogP contribution in [0.3, 0.4) is 0 Å². The summed E-state index contributed by atoms with van der Waals surface area (Å²) in [5.41, 5.74) is 4.18. The zero-order chi connectivity index (χ0) is 21.2. The lowest BCUT2D eigenvalue weighted by molar-refractivity contribution is 0.602. The number of aryl methyl sites for hydroxylation is 1. The van der Waals surface area contributed by atoms with Crippen LogP contribution in [0.5, 0.6) is 0 Å². The van der Waals surface area contributed by atoms with E-state index in [0.29, 0.717) is 36.7 Å². The molecule has 0 spiro atoms. The first-order valence-corrected chi connectivity index (χ1v) is 10.3. The molecule has 0 radical (unpaired) electrons. The monoisotopic (exact) mass is 412 g/mol. The highest BCUT2D eigenvalue weighted by atomic mass is 19.1. The number of aromatic nitrogens is 3. The van der Waals surface area contributed by atoms with Crippen molar-refractivity contribution in [2.45, 2.75) is 19.4 Å². The summed E-state index contributed by atoms with van der Waals surface area (Å²) < 4.78 is 15.8. The molecule has 5 rings (SSSR count). The maximum atomic E-state index is 14.1. The lowest BCUT2D eigenvalue weighted by atomic mass is 10.1. The van der Waals surface area contributed by atoms with Crippen LogP contribution in [0.2, 0.25) is 0 Å². The number of halogens is 1. The molecule has 0 atom stereocenters. The van der Waals surface area contributed by atoms with Gasteiger partial charge in [0.05, 0.1) is 12.2 Å². The third-order valence-corrected chi connectivity index (χ3v) is 5.60. The van der Waals surface area contributed by atoms with Crippen molar-refractivity contribution in [3.8, 4) is 11.3 Å². The molecule has 0 aliphatic carbocycles. The van der Waals surface area contributed by atoms with Gasteiger partial charge in [0.1, 0.15) is 5.82 Å². The second-order valence-electron chi connectivity index (χ2n) is 7.58. The van der Waals surface area contributed by atoms with Gasteiger partial charge in [-0.1, -0.05) is 36.4 Å². The lowest BCUT2D eigenvalue weighted by Crippen LogP contribution is -2.35. The Bertz CT molecular complexity index is 1290. The van der Waals surface area contributed by atoms with E-state index in [1.807, 2.05) is 48.5 Å². The molecule has 6 heteroatoms. The average molecular weight is 412 g/mol. The van der Waals surface area contributed by atoms with E-state index in [9.17, 15) is 9.18 Å². The van der Waals surface area contributed by atoms with E-state index in [4.69, 9.17) is 4.98 Å². The summed E-state index contributed by atoms with van der Waals surface area (Å²) in [7, 11) is 0. The zero-order valence-corrected chi connectivity index (χ0v) is 16.9. The van der Waals surface area contributed by atoms with Gasteiger partial charge >= 0.3 is 0 Å². The van der Waals surface area contributed by atoms with E-state index in [1.54, 1.807) is 29.1 Å². The highest BCUT2D eigenvalue weighted by molar-refractivity contribution is 5.67. The standard InChI is InChI=1S/C25H21FN4O/c26-21-9-3-1-6-18(21)8-5-15-29-23-10-4-2-7-20(23)17-30-24(31)16-22(28-25(29)30)19-11-13-27-14-12-19/h1-4,6-7,9-14,16H,5,8,15,17H2. The molecule has 0 bridgehead atoms. The Morgan fingerprint density at radius 3 is 2.58 bits per heavy atom. The van der Waals surface area contributed by atoms with Crippen LogP contribution in [0.4, 0.5) is 16.0 Å². The molecule has 0 saturated carbocycles. The molecule has 3 heterocycles. The molecule has 2 aromatic carbocycles. The third-order valence-electron chi connectivity index (χ3n) is 5.60. The number of fused-ring (bicyclic) bond motifs is 2. The van der Waals surface area contributed by atoms with E-state index in [0.717, 1.165) is 23.2 Å². The van der Waals surface area contributed by atoms with E-state index >= 15 is 0 Å². The Morgan fingerprint density at radius 1 is 0.968 bits per heavy atom. The third kappa shape index (κ3) is 3.72. The van der Waals surface area contributed by atoms with Gasteiger partial charge in [-0.2, -0.15) is 0 Å². The minimum absolute atomic E-state index is 0.0922. The summed E-state index contributed by atoms with van der Waals surface area (Å²) in [5, 5.41) is 0. The molecule has 154 valence electrons. The molecular weight excluding hydrogens is 391 g/mol. The lowest BCUT2D eigenvalue weighted by Gasteiger charge is -2.33. The zero-order valence-electron chi connectivity index (χ0n) is 16.9. The van der Waals surface area contributed by atoms with Crippen LogP contribution in [-0.4, -0.2) is 21.1 Å². The van der Waals surface area contributed by atoms with Crippen molar-refractivity contribution in [1.82, 2.24) is 14.5 Å². The SMILES string of the molecule is O=c1cc(-c2ccncc2)nc2n1Cc1ccccc1N2CCCc1ccccc1F. The number of anilines is 2. The second kappa shape index (κ2) is 8.14. The van der Waals surface area contributed by atoms with E-state index in [2.05, 4.69) is 9.88 Å². The molecule has 0 saturated heterocycles. The molecule has 1 aliphatic rings. The molecular formula is C25H21FN4O. The fourth-order valence-corrected chi connectivity index (χ4v) is 4.05. The number of hydrogen-bond donors (Lipinski definition) is 0. The highest BCUT2D eigenvalue weighted by Gasteiger charge is 2.25. The number of nitrogens with zero attached hydrogens (tertiary/aromatic N) is 4. The Kier molecular flexibility index (Phi) is 5.04. The number of hydrogen-bond acceptors (Lipinski definition) is 4. The number of pyridine rings is 1. The van der Waals surface area contributed by atoms with Gasteiger partial charge in [-0.3, -0.25) is 14.3 Å². The van der Waals surface area contributed by atoms with Crippen LogP contribution < -0.4 is 10.5 Å². The predicted octanol–water partition coefficient (Wildman–Crippen LogP) is 4.58. The fraction of sp³-hybridized carbons (Fsp3) is 0.160. The second-order valence-corrected chi connectivity index (χ2v) is 7.58. The minimum atomic E-state index is -0.184. The summed E-state index contributed by atoms with van der Waals surface area (Å²) >= 11 is 0. The van der Waals surface area contributed by atoms with E-state index in [-0.39, 0.29) is 11.4 Å². The molecule has 0 unspecified atom stereocenters.